The molecular formula is C27H29ClN4O3S. The van der Waals surface area contributed by atoms with Crippen LogP contribution in [0.5, 0.6) is 0 Å². The van der Waals surface area contributed by atoms with Crippen LogP contribution in [0.1, 0.15) is 35.9 Å². The van der Waals surface area contributed by atoms with Gasteiger partial charge in [-0.1, -0.05) is 30.7 Å². The van der Waals surface area contributed by atoms with Gasteiger partial charge in [-0.05, 0) is 73.6 Å². The lowest BCUT2D eigenvalue weighted by Gasteiger charge is -2.36. The van der Waals surface area contributed by atoms with Crippen molar-refractivity contribution in [1.82, 2.24) is 10.2 Å². The van der Waals surface area contributed by atoms with E-state index in [-0.39, 0.29) is 16.8 Å². The molecule has 188 valence electrons. The topological polar surface area (TPSA) is 77.8 Å². The maximum atomic E-state index is 12.6. The van der Waals surface area contributed by atoms with E-state index >= 15 is 0 Å². The number of amides is 2. The van der Waals surface area contributed by atoms with Gasteiger partial charge >= 0.3 is 0 Å². The lowest BCUT2D eigenvalue weighted by molar-refractivity contribution is -0.131. The van der Waals surface area contributed by atoms with Crippen molar-refractivity contribution in [2.75, 3.05) is 36.4 Å². The summed E-state index contributed by atoms with van der Waals surface area (Å²) in [7, 11) is 0. The first-order valence-corrected chi connectivity index (χ1v) is 12.7. The summed E-state index contributed by atoms with van der Waals surface area (Å²) in [5.41, 5.74) is 3.60. The maximum Gasteiger partial charge on any atom is 0.293 e. The Morgan fingerprint density at radius 1 is 1.03 bits per heavy atom. The van der Waals surface area contributed by atoms with Crippen LogP contribution in [0.2, 0.25) is 5.02 Å². The number of furan rings is 1. The quantitative estimate of drug-likeness (QED) is 0.415. The zero-order valence-electron chi connectivity index (χ0n) is 20.3. The van der Waals surface area contributed by atoms with Crippen LogP contribution in [0.3, 0.4) is 0 Å². The normalized spacial score (nSPS) is 13.4. The molecule has 0 aliphatic carbocycles. The summed E-state index contributed by atoms with van der Waals surface area (Å²) in [5.74, 6) is 0.492. The number of aryl methyl sites for hydroxylation is 1. The van der Waals surface area contributed by atoms with Gasteiger partial charge in [0.1, 0.15) is 5.76 Å². The molecule has 36 heavy (non-hydrogen) atoms. The van der Waals surface area contributed by atoms with Crippen LogP contribution in [-0.4, -0.2) is 48.0 Å². The minimum atomic E-state index is -0.441. The van der Waals surface area contributed by atoms with Gasteiger partial charge in [-0.15, -0.1) is 0 Å². The molecule has 0 bridgehead atoms. The zero-order valence-corrected chi connectivity index (χ0v) is 21.9. The molecule has 0 saturated carbocycles. The van der Waals surface area contributed by atoms with Gasteiger partial charge in [0.2, 0.25) is 5.91 Å². The van der Waals surface area contributed by atoms with Crippen molar-refractivity contribution in [1.29, 1.82) is 0 Å². The average Bonchev–Trinajstić information content (AvgIpc) is 3.37. The third kappa shape index (κ3) is 6.25. The molecule has 1 fully saturated rings. The summed E-state index contributed by atoms with van der Waals surface area (Å²) in [6, 6.07) is 16.8. The third-order valence-electron chi connectivity index (χ3n) is 6.10. The predicted octanol–water partition coefficient (Wildman–Crippen LogP) is 5.48. The Labute approximate surface area is 221 Å². The Bertz CT molecular complexity index is 1250. The molecule has 4 rings (SSSR count). The standard InChI is InChI=1S/C27H29ClN4O3S/c1-3-4-25(33)32-15-13-31(14-16-32)21-9-7-20(8-10-21)29-27(36)30-26(34)24-12-11-23(35-24)19-6-5-18(2)22(28)17-19/h5-12,17H,3-4,13-16H2,1-2H3,(H2,29,30,34,36). The van der Waals surface area contributed by atoms with Crippen molar-refractivity contribution in [3.8, 4) is 11.3 Å². The molecule has 1 aliphatic rings. The number of anilines is 2. The Morgan fingerprint density at radius 2 is 1.75 bits per heavy atom. The fourth-order valence-corrected chi connectivity index (χ4v) is 4.42. The van der Waals surface area contributed by atoms with Crippen LogP contribution < -0.4 is 15.5 Å². The molecule has 2 heterocycles. The van der Waals surface area contributed by atoms with Crippen molar-refractivity contribution < 1.29 is 14.0 Å². The molecule has 0 radical (unpaired) electrons. The number of rotatable bonds is 6. The fraction of sp³-hybridized carbons (Fsp3) is 0.296. The highest BCUT2D eigenvalue weighted by Crippen LogP contribution is 2.27. The van der Waals surface area contributed by atoms with Gasteiger partial charge in [0.15, 0.2) is 10.9 Å². The lowest BCUT2D eigenvalue weighted by Crippen LogP contribution is -2.48. The molecule has 2 amide bonds. The second kappa shape index (κ2) is 11.6. The highest BCUT2D eigenvalue weighted by Gasteiger charge is 2.20. The van der Waals surface area contributed by atoms with Crippen LogP contribution in [0.25, 0.3) is 11.3 Å². The second-order valence-electron chi connectivity index (χ2n) is 8.70. The maximum absolute atomic E-state index is 12.6. The average molecular weight is 525 g/mol. The number of carbonyl (C=O) groups is 2. The summed E-state index contributed by atoms with van der Waals surface area (Å²) in [6.07, 6.45) is 1.49. The molecule has 1 aromatic heterocycles. The number of hydrogen-bond acceptors (Lipinski definition) is 5. The summed E-state index contributed by atoms with van der Waals surface area (Å²) in [6.45, 7) is 7.03. The number of nitrogens with one attached hydrogen (secondary N) is 2. The van der Waals surface area contributed by atoms with E-state index in [0.717, 1.165) is 55.1 Å². The number of thiocarbonyl (C=S) groups is 1. The SMILES string of the molecule is CCCC(=O)N1CCN(c2ccc(NC(=S)NC(=O)c3ccc(-c4ccc(C)c(Cl)c4)o3)cc2)CC1. The van der Waals surface area contributed by atoms with Gasteiger partial charge in [0.25, 0.3) is 5.91 Å². The Morgan fingerprint density at radius 3 is 2.42 bits per heavy atom. The highest BCUT2D eigenvalue weighted by atomic mass is 35.5. The molecule has 0 spiro atoms. The monoisotopic (exact) mass is 524 g/mol. The van der Waals surface area contributed by atoms with Crippen LogP contribution in [0, 0.1) is 6.92 Å². The molecule has 0 unspecified atom stereocenters. The summed E-state index contributed by atoms with van der Waals surface area (Å²) < 4.78 is 5.71. The molecular weight excluding hydrogens is 496 g/mol. The summed E-state index contributed by atoms with van der Waals surface area (Å²) >= 11 is 11.5. The number of carbonyl (C=O) groups excluding carboxylic acids is 2. The van der Waals surface area contributed by atoms with E-state index in [9.17, 15) is 9.59 Å². The van der Waals surface area contributed by atoms with E-state index in [0.29, 0.717) is 17.2 Å². The minimum Gasteiger partial charge on any atom is -0.451 e. The smallest absolute Gasteiger partial charge is 0.293 e. The van der Waals surface area contributed by atoms with Crippen molar-refractivity contribution in [2.45, 2.75) is 26.7 Å². The molecule has 0 atom stereocenters. The number of halogens is 1. The van der Waals surface area contributed by atoms with Crippen LogP contribution in [-0.2, 0) is 4.79 Å². The summed E-state index contributed by atoms with van der Waals surface area (Å²) in [4.78, 5) is 28.9. The number of benzene rings is 2. The molecule has 1 aliphatic heterocycles. The molecule has 2 aromatic carbocycles. The molecule has 7 nitrogen and oxygen atoms in total. The lowest BCUT2D eigenvalue weighted by atomic mass is 10.1. The van der Waals surface area contributed by atoms with E-state index in [1.54, 1.807) is 18.2 Å². The van der Waals surface area contributed by atoms with E-state index < -0.39 is 5.91 Å². The number of piperazine rings is 1. The van der Waals surface area contributed by atoms with Gasteiger partial charge in [-0.3, -0.25) is 14.9 Å². The van der Waals surface area contributed by atoms with Crippen molar-refractivity contribution in [3.63, 3.8) is 0 Å². The second-order valence-corrected chi connectivity index (χ2v) is 9.52. The fourth-order valence-electron chi connectivity index (χ4n) is 4.03. The first-order chi connectivity index (χ1) is 17.3. The van der Waals surface area contributed by atoms with Crippen molar-refractivity contribution >= 4 is 52.1 Å². The Hall–Kier alpha value is -3.36. The Balaban J connectivity index is 1.29. The first kappa shape index (κ1) is 25.7. The highest BCUT2D eigenvalue weighted by molar-refractivity contribution is 7.80. The van der Waals surface area contributed by atoms with E-state index in [1.807, 2.05) is 55.1 Å². The largest absolute Gasteiger partial charge is 0.451 e. The Kier molecular flexibility index (Phi) is 8.28. The molecule has 2 N–H and O–H groups in total. The summed E-state index contributed by atoms with van der Waals surface area (Å²) in [5, 5.41) is 6.49. The third-order valence-corrected chi connectivity index (χ3v) is 6.71. The van der Waals surface area contributed by atoms with Crippen molar-refractivity contribution in [3.05, 3.63) is 70.9 Å². The van der Waals surface area contributed by atoms with Crippen LogP contribution in [0.4, 0.5) is 11.4 Å². The van der Waals surface area contributed by atoms with E-state index in [1.165, 1.54) is 0 Å². The van der Waals surface area contributed by atoms with Gasteiger partial charge < -0.3 is 19.5 Å². The van der Waals surface area contributed by atoms with E-state index in [2.05, 4.69) is 15.5 Å². The first-order valence-electron chi connectivity index (χ1n) is 12.0. The van der Waals surface area contributed by atoms with Crippen LogP contribution >= 0.6 is 23.8 Å². The van der Waals surface area contributed by atoms with E-state index in [4.69, 9.17) is 28.2 Å². The van der Waals surface area contributed by atoms with Crippen molar-refractivity contribution in [2.24, 2.45) is 0 Å². The zero-order chi connectivity index (χ0) is 25.7. The number of hydrogen-bond donors (Lipinski definition) is 2. The van der Waals surface area contributed by atoms with Gasteiger partial charge in [0.05, 0.1) is 0 Å². The van der Waals surface area contributed by atoms with Gasteiger partial charge in [0, 0.05) is 54.6 Å². The van der Waals surface area contributed by atoms with Gasteiger partial charge in [-0.2, -0.15) is 0 Å². The molecule has 1 saturated heterocycles. The molecule has 9 heteroatoms. The minimum absolute atomic E-state index is 0.151. The predicted molar refractivity (Wildman–Crippen MR) is 148 cm³/mol. The van der Waals surface area contributed by atoms with Gasteiger partial charge in [-0.25, -0.2) is 0 Å². The number of nitrogens with zero attached hydrogens (tertiary/aromatic N) is 2. The molecule has 3 aromatic rings. The van der Waals surface area contributed by atoms with Crippen LogP contribution in [0.15, 0.2) is 59.0 Å².